The van der Waals surface area contributed by atoms with Crippen LogP contribution in [0.2, 0.25) is 0 Å². The second-order valence-electron chi connectivity index (χ2n) is 5.06. The highest BCUT2D eigenvalue weighted by atomic mass is 16.7. The second kappa shape index (κ2) is 11.7. The molecule has 0 spiro atoms. The molecule has 0 aliphatic carbocycles. The quantitative estimate of drug-likeness (QED) is 0.551. The molecule has 0 fully saturated rings. The van der Waals surface area contributed by atoms with Crippen molar-refractivity contribution >= 4 is 6.16 Å². The molecule has 0 aromatic carbocycles. The molecule has 0 aromatic rings. The molecule has 4 atom stereocenters. The minimum Gasteiger partial charge on any atom is -0.450 e. The van der Waals surface area contributed by atoms with Gasteiger partial charge in [-0.15, -0.1) is 0 Å². The summed E-state index contributed by atoms with van der Waals surface area (Å²) in [5.74, 6) is 0. The van der Waals surface area contributed by atoms with Crippen molar-refractivity contribution in [2.75, 3.05) is 33.5 Å². The first-order valence-electron chi connectivity index (χ1n) is 7.08. The van der Waals surface area contributed by atoms with Crippen LogP contribution in [0, 0.1) is 0 Å². The summed E-state index contributed by atoms with van der Waals surface area (Å²) < 4.78 is 26.1. The molecule has 0 amide bonds. The number of rotatable bonds is 12. The fraction of sp³-hybridized carbons (Fsp3) is 0.929. The monoisotopic (exact) mass is 308 g/mol. The zero-order valence-electron chi connectivity index (χ0n) is 13.5. The van der Waals surface area contributed by atoms with E-state index in [0.29, 0.717) is 19.8 Å². The van der Waals surface area contributed by atoms with Crippen LogP contribution >= 0.6 is 0 Å². The predicted molar refractivity (Wildman–Crippen MR) is 76.7 cm³/mol. The van der Waals surface area contributed by atoms with Crippen LogP contribution < -0.4 is 0 Å². The Morgan fingerprint density at radius 1 is 0.810 bits per heavy atom. The fourth-order valence-corrected chi connectivity index (χ4v) is 1.30. The van der Waals surface area contributed by atoms with E-state index >= 15 is 0 Å². The van der Waals surface area contributed by atoms with Crippen molar-refractivity contribution in [3.63, 3.8) is 0 Å². The molecule has 0 aliphatic rings. The molecule has 0 rings (SSSR count). The van der Waals surface area contributed by atoms with E-state index in [1.54, 1.807) is 14.0 Å². The van der Waals surface area contributed by atoms with Crippen molar-refractivity contribution in [3.8, 4) is 0 Å². The Kier molecular flexibility index (Phi) is 11.2. The highest BCUT2D eigenvalue weighted by molar-refractivity contribution is 5.56. The van der Waals surface area contributed by atoms with Crippen LogP contribution in [0.1, 0.15) is 27.7 Å². The first-order chi connectivity index (χ1) is 9.85. The third kappa shape index (κ3) is 12.6. The molecule has 1 N–H and O–H groups in total. The van der Waals surface area contributed by atoms with Crippen molar-refractivity contribution < 1.29 is 33.6 Å². The van der Waals surface area contributed by atoms with Gasteiger partial charge in [0.15, 0.2) is 0 Å². The minimum absolute atomic E-state index is 0.0104. The average molecular weight is 308 g/mol. The van der Waals surface area contributed by atoms with Crippen molar-refractivity contribution in [1.29, 1.82) is 0 Å². The van der Waals surface area contributed by atoms with Crippen LogP contribution in [0.5, 0.6) is 0 Å². The van der Waals surface area contributed by atoms with Gasteiger partial charge in [0.25, 0.3) is 0 Å². The molecule has 7 nitrogen and oxygen atoms in total. The summed E-state index contributed by atoms with van der Waals surface area (Å²) in [4.78, 5) is 10.2. The summed E-state index contributed by atoms with van der Waals surface area (Å²) in [5, 5.41) is 8.37. The van der Waals surface area contributed by atoms with E-state index < -0.39 is 6.16 Å². The number of carbonyl (C=O) groups is 1. The van der Waals surface area contributed by atoms with Crippen molar-refractivity contribution in [2.45, 2.75) is 52.1 Å². The molecule has 0 aliphatic heterocycles. The van der Waals surface area contributed by atoms with E-state index in [4.69, 9.17) is 24.1 Å². The molecule has 0 saturated carbocycles. The Hall–Kier alpha value is -0.890. The van der Waals surface area contributed by atoms with Crippen molar-refractivity contribution in [2.24, 2.45) is 0 Å². The normalized spacial score (nSPS) is 17.0. The summed E-state index contributed by atoms with van der Waals surface area (Å²) >= 11 is 0. The number of hydrogen-bond acceptors (Lipinski definition) is 6. The lowest BCUT2D eigenvalue weighted by Gasteiger charge is -2.20. The zero-order chi connectivity index (χ0) is 16.3. The molecular formula is C14H28O7. The van der Waals surface area contributed by atoms with Crippen LogP contribution in [-0.4, -0.2) is 69.2 Å². The molecule has 0 heterocycles. The molecule has 21 heavy (non-hydrogen) atoms. The summed E-state index contributed by atoms with van der Waals surface area (Å²) in [6.07, 6.45) is -1.68. The smallest absolute Gasteiger partial charge is 0.450 e. The van der Waals surface area contributed by atoms with Gasteiger partial charge in [0.05, 0.1) is 44.2 Å². The third-order valence-electron chi connectivity index (χ3n) is 2.69. The molecule has 126 valence electrons. The summed E-state index contributed by atoms with van der Waals surface area (Å²) in [5.41, 5.74) is 0. The molecule has 0 saturated heterocycles. The van der Waals surface area contributed by atoms with Crippen LogP contribution in [0.3, 0.4) is 0 Å². The highest BCUT2D eigenvalue weighted by Crippen LogP contribution is 2.02. The maximum absolute atomic E-state index is 10.2. The van der Waals surface area contributed by atoms with Crippen LogP contribution in [0.15, 0.2) is 0 Å². The summed E-state index contributed by atoms with van der Waals surface area (Å²) in [6, 6.07) is 0. The van der Waals surface area contributed by atoms with E-state index in [9.17, 15) is 4.79 Å². The first kappa shape index (κ1) is 20.1. The average Bonchev–Trinajstić information content (AvgIpc) is 2.45. The SMILES string of the molecule is COC(C)COC(C)COC(C)COC(C)COC(=O)O. The standard InChI is InChI=1S/C14H28O7/c1-10(17-5)6-18-11(2)7-19-12(3)8-20-13(4)9-21-14(15)16/h10-13H,6-9H2,1-5H3,(H,15,16). The van der Waals surface area contributed by atoms with Crippen LogP contribution in [-0.2, 0) is 23.7 Å². The Labute approximate surface area is 126 Å². The minimum atomic E-state index is -1.30. The largest absolute Gasteiger partial charge is 0.505 e. The Balaban J connectivity index is 3.64. The Morgan fingerprint density at radius 3 is 1.57 bits per heavy atom. The van der Waals surface area contributed by atoms with Gasteiger partial charge >= 0.3 is 6.16 Å². The molecule has 0 bridgehead atoms. The van der Waals surface area contributed by atoms with Gasteiger partial charge in [0.1, 0.15) is 6.61 Å². The zero-order valence-corrected chi connectivity index (χ0v) is 13.5. The summed E-state index contributed by atoms with van der Waals surface area (Å²) in [6.45, 7) is 8.85. The lowest BCUT2D eigenvalue weighted by Crippen LogP contribution is -2.28. The first-order valence-corrected chi connectivity index (χ1v) is 7.08. The van der Waals surface area contributed by atoms with E-state index in [1.165, 1.54) is 0 Å². The van der Waals surface area contributed by atoms with Crippen molar-refractivity contribution in [1.82, 2.24) is 0 Å². The van der Waals surface area contributed by atoms with Gasteiger partial charge in [0.2, 0.25) is 0 Å². The summed E-state index contributed by atoms with van der Waals surface area (Å²) in [7, 11) is 1.64. The number of methoxy groups -OCH3 is 1. The number of hydrogen-bond donors (Lipinski definition) is 1. The van der Waals surface area contributed by atoms with E-state index in [-0.39, 0.29) is 31.0 Å². The van der Waals surface area contributed by atoms with Crippen LogP contribution in [0.25, 0.3) is 0 Å². The maximum Gasteiger partial charge on any atom is 0.505 e. The van der Waals surface area contributed by atoms with Gasteiger partial charge in [0, 0.05) is 7.11 Å². The van der Waals surface area contributed by atoms with E-state index in [1.807, 2.05) is 20.8 Å². The van der Waals surface area contributed by atoms with Gasteiger partial charge in [-0.25, -0.2) is 4.79 Å². The van der Waals surface area contributed by atoms with E-state index in [0.717, 1.165) is 0 Å². The topological polar surface area (TPSA) is 83.5 Å². The molecule has 0 aromatic heterocycles. The van der Waals surface area contributed by atoms with E-state index in [2.05, 4.69) is 4.74 Å². The molecular weight excluding hydrogens is 280 g/mol. The van der Waals surface area contributed by atoms with Gasteiger partial charge in [-0.2, -0.15) is 0 Å². The predicted octanol–water partition coefficient (Wildman–Crippen LogP) is 1.93. The highest BCUT2D eigenvalue weighted by Gasteiger charge is 2.11. The molecule has 4 unspecified atom stereocenters. The Morgan fingerprint density at radius 2 is 1.19 bits per heavy atom. The number of ether oxygens (including phenoxy) is 5. The van der Waals surface area contributed by atoms with Gasteiger partial charge < -0.3 is 28.8 Å². The van der Waals surface area contributed by atoms with Crippen LogP contribution in [0.4, 0.5) is 4.79 Å². The lowest BCUT2D eigenvalue weighted by molar-refractivity contribution is -0.0868. The third-order valence-corrected chi connectivity index (χ3v) is 2.69. The van der Waals surface area contributed by atoms with Gasteiger partial charge in [-0.3, -0.25) is 0 Å². The maximum atomic E-state index is 10.2. The second-order valence-corrected chi connectivity index (χ2v) is 5.06. The molecule has 0 radical (unpaired) electrons. The fourth-order valence-electron chi connectivity index (χ4n) is 1.30. The number of carboxylic acid groups (broad SMARTS) is 1. The van der Waals surface area contributed by atoms with Gasteiger partial charge in [-0.05, 0) is 27.7 Å². The molecule has 7 heteroatoms. The lowest BCUT2D eigenvalue weighted by atomic mass is 10.3. The van der Waals surface area contributed by atoms with Gasteiger partial charge in [-0.1, -0.05) is 0 Å². The van der Waals surface area contributed by atoms with Crippen molar-refractivity contribution in [3.05, 3.63) is 0 Å². The Bertz CT molecular complexity index is 272.